The SMILES string of the molecule is O=C(O)C[n+]1ccc(Cc2ccccc2)cc1. The highest BCUT2D eigenvalue weighted by atomic mass is 16.4. The predicted octanol–water partition coefficient (Wildman–Crippen LogP) is 1.65. The van der Waals surface area contributed by atoms with Crippen LogP contribution >= 0.6 is 0 Å². The van der Waals surface area contributed by atoms with Crippen molar-refractivity contribution in [1.82, 2.24) is 0 Å². The molecule has 3 heteroatoms. The standard InChI is InChI=1S/C14H13NO2/c16-14(17)11-15-8-6-13(7-9-15)10-12-4-2-1-3-5-12/h1-9H,10-11H2/p+1. The third-order valence-electron chi connectivity index (χ3n) is 2.53. The monoisotopic (exact) mass is 228 g/mol. The Balaban J connectivity index is 2.06. The van der Waals surface area contributed by atoms with E-state index < -0.39 is 5.97 Å². The van der Waals surface area contributed by atoms with Gasteiger partial charge < -0.3 is 5.11 Å². The van der Waals surface area contributed by atoms with Crippen molar-refractivity contribution in [1.29, 1.82) is 0 Å². The minimum absolute atomic E-state index is 0.00557. The van der Waals surface area contributed by atoms with Crippen molar-refractivity contribution in [3.8, 4) is 0 Å². The summed E-state index contributed by atoms with van der Waals surface area (Å²) in [6.07, 6.45) is 4.47. The summed E-state index contributed by atoms with van der Waals surface area (Å²) in [5.41, 5.74) is 2.43. The van der Waals surface area contributed by atoms with Crippen molar-refractivity contribution in [2.24, 2.45) is 0 Å². The van der Waals surface area contributed by atoms with Crippen LogP contribution in [0.3, 0.4) is 0 Å². The van der Waals surface area contributed by atoms with Gasteiger partial charge >= 0.3 is 5.97 Å². The number of aromatic nitrogens is 1. The topological polar surface area (TPSA) is 41.2 Å². The molecule has 1 aromatic carbocycles. The average Bonchev–Trinajstić information content (AvgIpc) is 2.32. The van der Waals surface area contributed by atoms with E-state index in [2.05, 4.69) is 12.1 Å². The van der Waals surface area contributed by atoms with Gasteiger partial charge in [0.25, 0.3) is 0 Å². The number of rotatable bonds is 4. The van der Waals surface area contributed by atoms with Crippen molar-refractivity contribution in [3.63, 3.8) is 0 Å². The minimum atomic E-state index is -0.828. The van der Waals surface area contributed by atoms with E-state index >= 15 is 0 Å². The van der Waals surface area contributed by atoms with E-state index in [1.807, 2.05) is 30.3 Å². The Morgan fingerprint density at radius 2 is 1.59 bits per heavy atom. The second-order valence-electron chi connectivity index (χ2n) is 3.93. The molecule has 0 amide bonds. The summed E-state index contributed by atoms with van der Waals surface area (Å²) in [5.74, 6) is -0.828. The van der Waals surface area contributed by atoms with E-state index in [0.29, 0.717) is 0 Å². The fourth-order valence-electron chi connectivity index (χ4n) is 1.70. The number of hydrogen-bond donors (Lipinski definition) is 1. The first-order valence-electron chi connectivity index (χ1n) is 5.48. The van der Waals surface area contributed by atoms with Gasteiger partial charge in [-0.2, -0.15) is 4.57 Å². The molecular weight excluding hydrogens is 214 g/mol. The van der Waals surface area contributed by atoms with Gasteiger partial charge in [0.05, 0.1) is 0 Å². The van der Waals surface area contributed by atoms with E-state index in [9.17, 15) is 4.79 Å². The Hall–Kier alpha value is -2.16. The summed E-state index contributed by atoms with van der Waals surface area (Å²) in [4.78, 5) is 10.5. The van der Waals surface area contributed by atoms with Crippen molar-refractivity contribution in [2.45, 2.75) is 13.0 Å². The lowest BCUT2D eigenvalue weighted by Crippen LogP contribution is -2.36. The van der Waals surface area contributed by atoms with Gasteiger partial charge in [-0.15, -0.1) is 0 Å². The van der Waals surface area contributed by atoms with Crippen LogP contribution in [0.5, 0.6) is 0 Å². The van der Waals surface area contributed by atoms with Crippen LogP contribution in [0.25, 0.3) is 0 Å². The number of benzene rings is 1. The molecule has 1 aromatic heterocycles. The summed E-state index contributed by atoms with van der Waals surface area (Å²) < 4.78 is 1.65. The molecule has 0 fully saturated rings. The number of hydrogen-bond acceptors (Lipinski definition) is 1. The molecule has 0 unspecified atom stereocenters. The van der Waals surface area contributed by atoms with Crippen molar-refractivity contribution in [2.75, 3.05) is 0 Å². The van der Waals surface area contributed by atoms with Gasteiger partial charge in [0.15, 0.2) is 12.4 Å². The van der Waals surface area contributed by atoms with Gasteiger partial charge in [-0.3, -0.25) is 0 Å². The average molecular weight is 228 g/mol. The molecule has 2 rings (SSSR count). The van der Waals surface area contributed by atoms with Gasteiger partial charge in [0, 0.05) is 12.1 Å². The molecule has 17 heavy (non-hydrogen) atoms. The molecule has 0 saturated heterocycles. The summed E-state index contributed by atoms with van der Waals surface area (Å²) in [7, 11) is 0. The third-order valence-corrected chi connectivity index (χ3v) is 2.53. The summed E-state index contributed by atoms with van der Waals surface area (Å²) >= 11 is 0. The van der Waals surface area contributed by atoms with Crippen LogP contribution in [0.15, 0.2) is 54.9 Å². The summed E-state index contributed by atoms with van der Waals surface area (Å²) in [5, 5.41) is 8.65. The van der Waals surface area contributed by atoms with Crippen LogP contribution in [-0.2, 0) is 17.8 Å². The van der Waals surface area contributed by atoms with Crippen LogP contribution in [0, 0.1) is 0 Å². The lowest BCUT2D eigenvalue weighted by molar-refractivity contribution is -0.685. The highest BCUT2D eigenvalue weighted by Gasteiger charge is 2.06. The van der Waals surface area contributed by atoms with Crippen molar-refractivity contribution in [3.05, 3.63) is 66.0 Å². The van der Waals surface area contributed by atoms with E-state index in [0.717, 1.165) is 6.42 Å². The van der Waals surface area contributed by atoms with Crippen molar-refractivity contribution >= 4 is 5.97 Å². The molecule has 1 heterocycles. The maximum atomic E-state index is 10.5. The smallest absolute Gasteiger partial charge is 0.370 e. The van der Waals surface area contributed by atoms with Gasteiger partial charge in [-0.25, -0.2) is 4.79 Å². The second kappa shape index (κ2) is 5.25. The van der Waals surface area contributed by atoms with E-state index in [1.54, 1.807) is 17.0 Å². The Bertz CT molecular complexity index is 491. The normalized spacial score (nSPS) is 10.1. The van der Waals surface area contributed by atoms with Crippen LogP contribution in [0.4, 0.5) is 0 Å². The summed E-state index contributed by atoms with van der Waals surface area (Å²) in [6.45, 7) is 0.00557. The molecule has 0 aliphatic carbocycles. The lowest BCUT2D eigenvalue weighted by atomic mass is 10.1. The highest BCUT2D eigenvalue weighted by molar-refractivity contribution is 5.64. The zero-order valence-electron chi connectivity index (χ0n) is 9.41. The Kier molecular flexibility index (Phi) is 3.50. The van der Waals surface area contributed by atoms with E-state index in [1.165, 1.54) is 11.1 Å². The first-order chi connectivity index (χ1) is 8.24. The molecule has 0 radical (unpaired) electrons. The summed E-state index contributed by atoms with van der Waals surface area (Å²) in [6, 6.07) is 14.1. The first kappa shape index (κ1) is 11.3. The van der Waals surface area contributed by atoms with Gasteiger partial charge in [-0.1, -0.05) is 30.3 Å². The molecule has 0 spiro atoms. The molecule has 1 N–H and O–H groups in total. The van der Waals surface area contributed by atoms with E-state index in [-0.39, 0.29) is 6.54 Å². The molecule has 2 aromatic rings. The van der Waals surface area contributed by atoms with E-state index in [4.69, 9.17) is 5.11 Å². The fourth-order valence-corrected chi connectivity index (χ4v) is 1.70. The molecule has 86 valence electrons. The minimum Gasteiger partial charge on any atom is -0.477 e. The number of pyridine rings is 1. The second-order valence-corrected chi connectivity index (χ2v) is 3.93. The van der Waals surface area contributed by atoms with Gasteiger partial charge in [-0.05, 0) is 17.5 Å². The largest absolute Gasteiger partial charge is 0.477 e. The van der Waals surface area contributed by atoms with Crippen LogP contribution < -0.4 is 4.57 Å². The molecule has 0 atom stereocenters. The molecule has 0 saturated carbocycles. The molecule has 0 bridgehead atoms. The Morgan fingerprint density at radius 3 is 2.18 bits per heavy atom. The Morgan fingerprint density at radius 1 is 1.00 bits per heavy atom. The zero-order valence-corrected chi connectivity index (χ0v) is 9.41. The molecule has 3 nitrogen and oxygen atoms in total. The molecular formula is C14H14NO2+. The van der Waals surface area contributed by atoms with Crippen LogP contribution in [0.2, 0.25) is 0 Å². The molecule has 0 aliphatic rings. The lowest BCUT2D eigenvalue weighted by Gasteiger charge is -2.00. The number of carboxylic acid groups (broad SMARTS) is 1. The maximum Gasteiger partial charge on any atom is 0.370 e. The molecule has 0 aliphatic heterocycles. The number of carboxylic acids is 1. The number of nitrogens with zero attached hydrogens (tertiary/aromatic N) is 1. The first-order valence-corrected chi connectivity index (χ1v) is 5.48. The van der Waals surface area contributed by atoms with Gasteiger partial charge in [0.2, 0.25) is 6.54 Å². The van der Waals surface area contributed by atoms with Crippen LogP contribution in [0.1, 0.15) is 11.1 Å². The maximum absolute atomic E-state index is 10.5. The highest BCUT2D eigenvalue weighted by Crippen LogP contribution is 2.06. The van der Waals surface area contributed by atoms with Crippen LogP contribution in [-0.4, -0.2) is 11.1 Å². The Labute approximate surface area is 100.0 Å². The predicted molar refractivity (Wildman–Crippen MR) is 63.5 cm³/mol. The fraction of sp³-hybridized carbons (Fsp3) is 0.143. The third kappa shape index (κ3) is 3.41. The van der Waals surface area contributed by atoms with Crippen molar-refractivity contribution < 1.29 is 14.5 Å². The zero-order chi connectivity index (χ0) is 12.1. The van der Waals surface area contributed by atoms with Gasteiger partial charge in [0.1, 0.15) is 0 Å². The number of carbonyl (C=O) groups is 1. The quantitative estimate of drug-likeness (QED) is 0.808. The number of aliphatic carboxylic acids is 1.